The minimum atomic E-state index is -0.702. The largest absolute Gasteiger partial charge is 0.397 e. The third-order valence-corrected chi connectivity index (χ3v) is 2.28. The van der Waals surface area contributed by atoms with Crippen LogP contribution in [-0.4, -0.2) is 4.98 Å². The standard InChI is InChI=1S/C12H11F2N3/c13-9-4-10(14)12(11(15)5-9)17-7-8-2-1-3-16-6-8/h1-6,17H,7,15H2. The van der Waals surface area contributed by atoms with Crippen LogP contribution in [0.2, 0.25) is 0 Å². The summed E-state index contributed by atoms with van der Waals surface area (Å²) in [5.41, 5.74) is 6.57. The van der Waals surface area contributed by atoms with E-state index in [1.165, 1.54) is 0 Å². The molecule has 1 aromatic heterocycles. The van der Waals surface area contributed by atoms with Crippen LogP contribution in [0.25, 0.3) is 0 Å². The van der Waals surface area contributed by atoms with Crippen LogP contribution in [0.1, 0.15) is 5.56 Å². The minimum Gasteiger partial charge on any atom is -0.397 e. The Balaban J connectivity index is 2.15. The summed E-state index contributed by atoms with van der Waals surface area (Å²) >= 11 is 0. The van der Waals surface area contributed by atoms with Gasteiger partial charge in [-0.3, -0.25) is 4.98 Å². The third-order valence-electron chi connectivity index (χ3n) is 2.28. The monoisotopic (exact) mass is 235 g/mol. The lowest BCUT2D eigenvalue weighted by molar-refractivity contribution is 0.586. The van der Waals surface area contributed by atoms with E-state index in [-0.39, 0.29) is 11.4 Å². The van der Waals surface area contributed by atoms with Crippen LogP contribution in [0.5, 0.6) is 0 Å². The van der Waals surface area contributed by atoms with Crippen molar-refractivity contribution in [2.75, 3.05) is 11.1 Å². The molecule has 0 amide bonds. The average Bonchev–Trinajstić information content (AvgIpc) is 2.29. The second-order valence-electron chi connectivity index (χ2n) is 3.57. The maximum absolute atomic E-state index is 13.4. The van der Waals surface area contributed by atoms with E-state index in [4.69, 9.17) is 5.73 Å². The van der Waals surface area contributed by atoms with E-state index in [1.54, 1.807) is 18.5 Å². The normalized spacial score (nSPS) is 10.2. The van der Waals surface area contributed by atoms with E-state index < -0.39 is 11.6 Å². The number of nitrogen functional groups attached to an aromatic ring is 1. The Labute approximate surface area is 97.3 Å². The Morgan fingerprint density at radius 2 is 2.12 bits per heavy atom. The molecule has 3 N–H and O–H groups in total. The Hall–Kier alpha value is -2.17. The highest BCUT2D eigenvalue weighted by Gasteiger charge is 2.08. The van der Waals surface area contributed by atoms with Gasteiger partial charge in [-0.15, -0.1) is 0 Å². The van der Waals surface area contributed by atoms with E-state index in [9.17, 15) is 8.78 Å². The van der Waals surface area contributed by atoms with E-state index in [0.29, 0.717) is 6.54 Å². The van der Waals surface area contributed by atoms with Crippen molar-refractivity contribution in [3.8, 4) is 0 Å². The molecule has 0 radical (unpaired) electrons. The molecular weight excluding hydrogens is 224 g/mol. The van der Waals surface area contributed by atoms with Gasteiger partial charge >= 0.3 is 0 Å². The predicted molar refractivity (Wildman–Crippen MR) is 62.3 cm³/mol. The van der Waals surface area contributed by atoms with Crippen LogP contribution in [0, 0.1) is 11.6 Å². The smallest absolute Gasteiger partial charge is 0.151 e. The first-order valence-electron chi connectivity index (χ1n) is 5.04. The van der Waals surface area contributed by atoms with Gasteiger partial charge in [-0.2, -0.15) is 0 Å². The summed E-state index contributed by atoms with van der Waals surface area (Å²) in [6.07, 6.45) is 3.31. The number of nitrogens with two attached hydrogens (primary N) is 1. The van der Waals surface area contributed by atoms with Crippen molar-refractivity contribution in [3.63, 3.8) is 0 Å². The molecule has 0 aliphatic rings. The fraction of sp³-hybridized carbons (Fsp3) is 0.0833. The lowest BCUT2D eigenvalue weighted by Gasteiger charge is -2.10. The summed E-state index contributed by atoms with van der Waals surface area (Å²) < 4.78 is 26.2. The van der Waals surface area contributed by atoms with Crippen LogP contribution in [-0.2, 0) is 6.54 Å². The molecule has 0 bridgehead atoms. The van der Waals surface area contributed by atoms with Gasteiger partial charge in [0.25, 0.3) is 0 Å². The quantitative estimate of drug-likeness (QED) is 0.804. The molecule has 2 rings (SSSR count). The number of nitrogens with zero attached hydrogens (tertiary/aromatic N) is 1. The summed E-state index contributed by atoms with van der Waals surface area (Å²) in [5.74, 6) is -1.39. The van der Waals surface area contributed by atoms with Crippen molar-refractivity contribution >= 4 is 11.4 Å². The molecule has 5 heteroatoms. The third kappa shape index (κ3) is 2.69. The highest BCUT2D eigenvalue weighted by atomic mass is 19.1. The lowest BCUT2D eigenvalue weighted by Crippen LogP contribution is -2.05. The molecule has 0 fully saturated rings. The number of rotatable bonds is 3. The molecule has 17 heavy (non-hydrogen) atoms. The number of hydrogen-bond donors (Lipinski definition) is 2. The number of pyridine rings is 1. The van der Waals surface area contributed by atoms with Crippen LogP contribution >= 0.6 is 0 Å². The van der Waals surface area contributed by atoms with Crippen molar-refractivity contribution in [2.24, 2.45) is 0 Å². The molecule has 0 aliphatic heterocycles. The zero-order chi connectivity index (χ0) is 12.3. The van der Waals surface area contributed by atoms with Gasteiger partial charge in [-0.05, 0) is 17.7 Å². The molecule has 0 atom stereocenters. The lowest BCUT2D eigenvalue weighted by atomic mass is 10.2. The number of halogens is 2. The average molecular weight is 235 g/mol. The van der Waals surface area contributed by atoms with E-state index in [0.717, 1.165) is 17.7 Å². The van der Waals surface area contributed by atoms with E-state index in [1.807, 2.05) is 6.07 Å². The van der Waals surface area contributed by atoms with Gasteiger partial charge in [0.2, 0.25) is 0 Å². The second kappa shape index (κ2) is 4.78. The molecule has 3 nitrogen and oxygen atoms in total. The fourth-order valence-electron chi connectivity index (χ4n) is 1.47. The molecule has 0 unspecified atom stereocenters. The van der Waals surface area contributed by atoms with Crippen molar-refractivity contribution in [1.29, 1.82) is 0 Å². The molecule has 88 valence electrons. The predicted octanol–water partition coefficient (Wildman–Crippen LogP) is 2.55. The number of nitrogens with one attached hydrogen (secondary N) is 1. The van der Waals surface area contributed by atoms with Crippen molar-refractivity contribution in [3.05, 3.63) is 53.9 Å². The number of aromatic nitrogens is 1. The van der Waals surface area contributed by atoms with E-state index in [2.05, 4.69) is 10.3 Å². The van der Waals surface area contributed by atoms with Gasteiger partial charge in [0.05, 0.1) is 11.4 Å². The maximum atomic E-state index is 13.4. The zero-order valence-electron chi connectivity index (χ0n) is 8.95. The van der Waals surface area contributed by atoms with Crippen molar-refractivity contribution < 1.29 is 8.78 Å². The van der Waals surface area contributed by atoms with Gasteiger partial charge in [-0.25, -0.2) is 8.78 Å². The number of hydrogen-bond acceptors (Lipinski definition) is 3. The molecule has 1 aromatic carbocycles. The van der Waals surface area contributed by atoms with E-state index >= 15 is 0 Å². The molecule has 0 aliphatic carbocycles. The first kappa shape index (κ1) is 11.3. The molecule has 0 saturated heterocycles. The highest BCUT2D eigenvalue weighted by Crippen LogP contribution is 2.24. The van der Waals surface area contributed by atoms with Gasteiger partial charge in [0.1, 0.15) is 5.82 Å². The summed E-state index contributed by atoms with van der Waals surface area (Å²) in [6.45, 7) is 0.376. The van der Waals surface area contributed by atoms with Crippen molar-refractivity contribution in [2.45, 2.75) is 6.54 Å². The number of benzene rings is 1. The zero-order valence-corrected chi connectivity index (χ0v) is 8.95. The SMILES string of the molecule is Nc1cc(F)cc(F)c1NCc1cccnc1. The van der Waals surface area contributed by atoms with Crippen LogP contribution in [0.15, 0.2) is 36.7 Å². The molecular formula is C12H11F2N3. The Morgan fingerprint density at radius 3 is 2.76 bits per heavy atom. The summed E-state index contributed by atoms with van der Waals surface area (Å²) in [4.78, 5) is 3.93. The number of anilines is 2. The minimum absolute atomic E-state index is 0.0476. The fourth-order valence-corrected chi connectivity index (χ4v) is 1.47. The van der Waals surface area contributed by atoms with Gasteiger partial charge in [0.15, 0.2) is 5.82 Å². The van der Waals surface area contributed by atoms with Crippen LogP contribution in [0.4, 0.5) is 20.2 Å². The topological polar surface area (TPSA) is 50.9 Å². The molecule has 2 aromatic rings. The molecule has 0 saturated carbocycles. The summed E-state index contributed by atoms with van der Waals surface area (Å²) in [5, 5.41) is 2.82. The van der Waals surface area contributed by atoms with Crippen LogP contribution < -0.4 is 11.1 Å². The Bertz CT molecular complexity index is 491. The van der Waals surface area contributed by atoms with Crippen molar-refractivity contribution in [1.82, 2.24) is 4.98 Å². The Kier molecular flexibility index (Phi) is 3.18. The second-order valence-corrected chi connectivity index (χ2v) is 3.57. The summed E-state index contributed by atoms with van der Waals surface area (Å²) in [6, 6.07) is 5.50. The van der Waals surface area contributed by atoms with Crippen LogP contribution in [0.3, 0.4) is 0 Å². The first-order chi connectivity index (χ1) is 8.16. The highest BCUT2D eigenvalue weighted by molar-refractivity contribution is 5.66. The summed E-state index contributed by atoms with van der Waals surface area (Å²) in [7, 11) is 0. The molecule has 1 heterocycles. The maximum Gasteiger partial charge on any atom is 0.151 e. The van der Waals surface area contributed by atoms with Gasteiger partial charge in [0, 0.05) is 25.0 Å². The van der Waals surface area contributed by atoms with Gasteiger partial charge < -0.3 is 11.1 Å². The van der Waals surface area contributed by atoms with Gasteiger partial charge in [-0.1, -0.05) is 6.07 Å². The molecule has 0 spiro atoms. The Morgan fingerprint density at radius 1 is 1.29 bits per heavy atom. The first-order valence-corrected chi connectivity index (χ1v) is 5.04.